The molecule has 1 atom stereocenters. The molecule has 0 spiro atoms. The Labute approximate surface area is 224 Å². The minimum absolute atomic E-state index is 0.0517. The summed E-state index contributed by atoms with van der Waals surface area (Å²) < 4.78 is 56.1. The van der Waals surface area contributed by atoms with E-state index >= 15 is 0 Å². The lowest BCUT2D eigenvalue weighted by molar-refractivity contribution is 0.103. The molecule has 202 valence electrons. The lowest BCUT2D eigenvalue weighted by Crippen LogP contribution is -2.42. The van der Waals surface area contributed by atoms with Crippen LogP contribution in [0.15, 0.2) is 47.4 Å². The second kappa shape index (κ2) is 10.7. The Bertz CT molecular complexity index is 1420. The van der Waals surface area contributed by atoms with Gasteiger partial charge in [-0.15, -0.1) is 0 Å². The number of nitrogens with one attached hydrogen (secondary N) is 1. The first-order chi connectivity index (χ1) is 18.1. The third-order valence-corrected chi connectivity index (χ3v) is 10.1. The van der Waals surface area contributed by atoms with Gasteiger partial charge in [-0.1, -0.05) is 29.5 Å². The third kappa shape index (κ3) is 5.31. The molecule has 8 nitrogen and oxygen atoms in total. The van der Waals surface area contributed by atoms with E-state index < -0.39 is 33.0 Å². The van der Waals surface area contributed by atoms with Crippen LogP contribution in [0.3, 0.4) is 0 Å². The van der Waals surface area contributed by atoms with Gasteiger partial charge in [-0.2, -0.15) is 4.31 Å². The fourth-order valence-electron chi connectivity index (χ4n) is 5.07. The fourth-order valence-corrected chi connectivity index (χ4v) is 7.45. The summed E-state index contributed by atoms with van der Waals surface area (Å²) in [5.74, 6) is -2.48. The molecule has 2 fully saturated rings. The molecule has 0 radical (unpaired) electrons. The molecule has 0 amide bonds. The molecule has 2 aliphatic rings. The van der Waals surface area contributed by atoms with Crippen LogP contribution < -0.4 is 11.1 Å². The van der Waals surface area contributed by atoms with Gasteiger partial charge in [0.15, 0.2) is 5.13 Å². The Hall–Kier alpha value is -2.93. The number of thiazole rings is 1. The van der Waals surface area contributed by atoms with Crippen molar-refractivity contribution in [3.05, 3.63) is 70.1 Å². The molecular formula is C26H29F2N5O3S2. The van der Waals surface area contributed by atoms with E-state index in [1.807, 2.05) is 12.1 Å². The van der Waals surface area contributed by atoms with Gasteiger partial charge in [-0.25, -0.2) is 22.2 Å². The van der Waals surface area contributed by atoms with Crippen LogP contribution in [-0.4, -0.2) is 67.7 Å². The van der Waals surface area contributed by atoms with Crippen LogP contribution >= 0.6 is 11.3 Å². The molecule has 38 heavy (non-hydrogen) atoms. The molecule has 5 rings (SSSR count). The summed E-state index contributed by atoms with van der Waals surface area (Å²) in [6, 6.07) is 10.3. The minimum atomic E-state index is -3.62. The Morgan fingerprint density at radius 1 is 1.05 bits per heavy atom. The number of likely N-dealkylation sites (N-methyl/N-ethyl adjacent to an activating group) is 1. The molecular weight excluding hydrogens is 532 g/mol. The number of piperidine rings is 1. The second-order valence-corrected chi connectivity index (χ2v) is 12.7. The number of nitrogen functional groups attached to an aromatic ring is 1. The van der Waals surface area contributed by atoms with Crippen molar-refractivity contribution in [3.8, 4) is 0 Å². The number of carbonyl (C=O) groups excluding carboxylic acids is 1. The van der Waals surface area contributed by atoms with E-state index in [1.165, 1.54) is 10.4 Å². The minimum Gasteiger partial charge on any atom is -0.382 e. The maximum atomic E-state index is 14.1. The van der Waals surface area contributed by atoms with Crippen molar-refractivity contribution in [2.75, 3.05) is 44.3 Å². The van der Waals surface area contributed by atoms with E-state index in [0.717, 1.165) is 48.5 Å². The lowest BCUT2D eigenvalue weighted by Gasteiger charge is -2.31. The van der Waals surface area contributed by atoms with Crippen molar-refractivity contribution in [3.63, 3.8) is 0 Å². The van der Waals surface area contributed by atoms with Crippen molar-refractivity contribution in [2.24, 2.45) is 0 Å². The predicted octanol–water partition coefficient (Wildman–Crippen LogP) is 3.92. The molecule has 2 aliphatic heterocycles. The Morgan fingerprint density at radius 3 is 2.32 bits per heavy atom. The summed E-state index contributed by atoms with van der Waals surface area (Å²) in [7, 11) is -1.53. The van der Waals surface area contributed by atoms with Gasteiger partial charge in [-0.3, -0.25) is 4.79 Å². The number of nitrogens with two attached hydrogens (primary N) is 1. The summed E-state index contributed by atoms with van der Waals surface area (Å²) >= 11 is 0.924. The Morgan fingerprint density at radius 2 is 1.71 bits per heavy atom. The predicted molar refractivity (Wildman–Crippen MR) is 143 cm³/mol. The van der Waals surface area contributed by atoms with Crippen LogP contribution in [0, 0.1) is 11.6 Å². The number of rotatable bonds is 7. The molecule has 0 aliphatic carbocycles. The van der Waals surface area contributed by atoms with Crippen LogP contribution in [0.1, 0.15) is 46.0 Å². The van der Waals surface area contributed by atoms with E-state index in [2.05, 4.69) is 22.2 Å². The standard InChI is InChI=1S/C26H29F2N5O3S2/c1-32-12-9-17(15-32)16-5-7-19(8-6-16)38(35,36)33-13-10-18(11-14-33)30-26-31-25(29)24(37-26)23(34)22-20(27)3-2-4-21(22)28/h2-8,17-18H,9-15,29H2,1H3,(H,30,31)/t17-/m0/s1. The molecule has 0 bridgehead atoms. The number of carbonyl (C=O) groups is 1. The highest BCUT2D eigenvalue weighted by Gasteiger charge is 2.31. The van der Waals surface area contributed by atoms with Crippen LogP contribution in [0.2, 0.25) is 0 Å². The molecule has 0 unspecified atom stereocenters. The molecule has 3 aromatic rings. The zero-order chi connectivity index (χ0) is 27.0. The van der Waals surface area contributed by atoms with E-state index in [4.69, 9.17) is 5.73 Å². The molecule has 1 aromatic heterocycles. The van der Waals surface area contributed by atoms with Gasteiger partial charge < -0.3 is 16.0 Å². The summed E-state index contributed by atoms with van der Waals surface area (Å²) in [5.41, 5.74) is 6.38. The molecule has 3 N–H and O–H groups in total. The second-order valence-electron chi connectivity index (χ2n) is 9.80. The summed E-state index contributed by atoms with van der Waals surface area (Å²) in [5, 5.41) is 3.54. The van der Waals surface area contributed by atoms with Crippen LogP contribution in [0.25, 0.3) is 0 Å². The molecule has 0 saturated carbocycles. The largest absolute Gasteiger partial charge is 0.382 e. The number of hydrogen-bond donors (Lipinski definition) is 2. The van der Waals surface area contributed by atoms with Gasteiger partial charge in [0.2, 0.25) is 15.8 Å². The zero-order valence-electron chi connectivity index (χ0n) is 20.9. The Balaban J connectivity index is 1.21. The zero-order valence-corrected chi connectivity index (χ0v) is 22.5. The monoisotopic (exact) mass is 561 g/mol. The first kappa shape index (κ1) is 26.7. The summed E-state index contributed by atoms with van der Waals surface area (Å²) in [6.07, 6.45) is 2.12. The normalized spacial score (nSPS) is 19.6. The third-order valence-electron chi connectivity index (χ3n) is 7.21. The van der Waals surface area contributed by atoms with Crippen LogP contribution in [0.5, 0.6) is 0 Å². The summed E-state index contributed by atoms with van der Waals surface area (Å²) in [4.78, 5) is 19.4. The quantitative estimate of drug-likeness (QED) is 0.421. The van der Waals surface area contributed by atoms with Gasteiger partial charge in [-0.05, 0) is 68.6 Å². The van der Waals surface area contributed by atoms with Crippen LogP contribution in [0.4, 0.5) is 19.7 Å². The molecule has 2 aromatic carbocycles. The highest BCUT2D eigenvalue weighted by Crippen LogP contribution is 2.32. The smallest absolute Gasteiger partial charge is 0.243 e. The topological polar surface area (TPSA) is 109 Å². The maximum absolute atomic E-state index is 14.1. The molecule has 12 heteroatoms. The molecule has 2 saturated heterocycles. The van der Waals surface area contributed by atoms with Crippen molar-refractivity contribution in [2.45, 2.75) is 36.1 Å². The number of anilines is 2. The number of hydrogen-bond acceptors (Lipinski definition) is 8. The number of halogens is 2. The number of ketones is 1. The number of likely N-dealkylation sites (tertiary alicyclic amines) is 1. The highest BCUT2D eigenvalue weighted by atomic mass is 32.2. The van der Waals surface area contributed by atoms with Gasteiger partial charge >= 0.3 is 0 Å². The number of sulfonamides is 1. The average Bonchev–Trinajstić information content (AvgIpc) is 3.49. The molecule has 3 heterocycles. The average molecular weight is 562 g/mol. The Kier molecular flexibility index (Phi) is 7.49. The van der Waals surface area contributed by atoms with Crippen molar-refractivity contribution >= 4 is 38.1 Å². The fraction of sp³-hybridized carbons (Fsp3) is 0.385. The van der Waals surface area contributed by atoms with E-state index in [9.17, 15) is 22.0 Å². The first-order valence-electron chi connectivity index (χ1n) is 12.4. The van der Waals surface area contributed by atoms with Crippen molar-refractivity contribution in [1.29, 1.82) is 0 Å². The van der Waals surface area contributed by atoms with Crippen LogP contribution in [-0.2, 0) is 10.0 Å². The SMILES string of the molecule is CN1CC[C@H](c2ccc(S(=O)(=O)N3CCC(Nc4nc(N)c(C(=O)c5c(F)cccc5F)s4)CC3)cc2)C1. The number of aromatic nitrogens is 1. The highest BCUT2D eigenvalue weighted by molar-refractivity contribution is 7.89. The van der Waals surface area contributed by atoms with E-state index in [0.29, 0.717) is 37.0 Å². The van der Waals surface area contributed by atoms with Gasteiger partial charge in [0.25, 0.3) is 0 Å². The lowest BCUT2D eigenvalue weighted by atomic mass is 9.99. The summed E-state index contributed by atoms with van der Waals surface area (Å²) in [6.45, 7) is 2.67. The first-order valence-corrected chi connectivity index (χ1v) is 14.7. The van der Waals surface area contributed by atoms with Gasteiger partial charge in [0.1, 0.15) is 22.3 Å². The van der Waals surface area contributed by atoms with E-state index in [1.54, 1.807) is 12.1 Å². The van der Waals surface area contributed by atoms with Crippen molar-refractivity contribution < 1.29 is 22.0 Å². The number of nitrogens with zero attached hydrogens (tertiary/aromatic N) is 3. The maximum Gasteiger partial charge on any atom is 0.243 e. The van der Waals surface area contributed by atoms with Gasteiger partial charge in [0.05, 0.1) is 10.5 Å². The van der Waals surface area contributed by atoms with Crippen molar-refractivity contribution in [1.82, 2.24) is 14.2 Å². The van der Waals surface area contributed by atoms with Gasteiger partial charge in [0, 0.05) is 25.7 Å². The van der Waals surface area contributed by atoms with E-state index in [-0.39, 0.29) is 21.6 Å². The number of benzene rings is 2.